The molecule has 4 rings (SSSR count). The summed E-state index contributed by atoms with van der Waals surface area (Å²) in [7, 11) is 0. The van der Waals surface area contributed by atoms with E-state index in [1.54, 1.807) is 40.0 Å². The minimum Gasteiger partial charge on any atom is -0.330 e. The first-order chi connectivity index (χ1) is 12.5. The lowest BCUT2D eigenvalue weighted by molar-refractivity contribution is 0.0705. The van der Waals surface area contributed by atoms with Crippen molar-refractivity contribution in [2.45, 2.75) is 19.4 Å². The van der Waals surface area contributed by atoms with Gasteiger partial charge in [-0.3, -0.25) is 4.79 Å². The summed E-state index contributed by atoms with van der Waals surface area (Å²) < 4.78 is 15.5. The molecule has 0 spiro atoms. The maximum absolute atomic E-state index is 13.1. The zero-order valence-corrected chi connectivity index (χ0v) is 15.6. The number of fused-ring (bicyclic) bond motifs is 1. The standard InChI is InChI=1S/C19H16BrFN4O/c1-12-8-14(13-2-4-16(21)5-3-13)6-7-24(12)19(26)17-9-18-22-10-15(20)11-25(18)23-17/h2-6,9-12H,7-8H2,1H3. The molecule has 3 heterocycles. The molecule has 132 valence electrons. The molecule has 5 nitrogen and oxygen atoms in total. The lowest BCUT2D eigenvalue weighted by atomic mass is 9.94. The Bertz CT molecular complexity index is 1010. The van der Waals surface area contributed by atoms with Gasteiger partial charge < -0.3 is 4.90 Å². The van der Waals surface area contributed by atoms with Crippen LogP contribution < -0.4 is 0 Å². The number of aromatic nitrogens is 3. The third kappa shape index (κ3) is 3.14. The molecule has 0 radical (unpaired) electrons. The van der Waals surface area contributed by atoms with Crippen LogP contribution in [0.3, 0.4) is 0 Å². The van der Waals surface area contributed by atoms with Crippen LogP contribution in [0, 0.1) is 5.82 Å². The van der Waals surface area contributed by atoms with Gasteiger partial charge in [0.15, 0.2) is 11.3 Å². The van der Waals surface area contributed by atoms with E-state index >= 15 is 0 Å². The molecule has 1 aliphatic heterocycles. The third-order valence-electron chi connectivity index (χ3n) is 4.56. The number of amides is 1. The Morgan fingerprint density at radius 3 is 2.81 bits per heavy atom. The van der Waals surface area contributed by atoms with E-state index in [0.717, 1.165) is 15.6 Å². The lowest BCUT2D eigenvalue weighted by Gasteiger charge is -2.32. The van der Waals surface area contributed by atoms with Crippen LogP contribution in [0.15, 0.2) is 53.3 Å². The molecule has 0 fully saturated rings. The zero-order chi connectivity index (χ0) is 18.3. The van der Waals surface area contributed by atoms with Crippen molar-refractivity contribution in [3.05, 3.63) is 70.3 Å². The van der Waals surface area contributed by atoms with E-state index in [1.165, 1.54) is 12.1 Å². The number of rotatable bonds is 2. The highest BCUT2D eigenvalue weighted by molar-refractivity contribution is 9.10. The van der Waals surface area contributed by atoms with Crippen molar-refractivity contribution in [1.82, 2.24) is 19.5 Å². The Kier molecular flexibility index (Phi) is 4.32. The van der Waals surface area contributed by atoms with Gasteiger partial charge in [0, 0.05) is 31.0 Å². The first-order valence-electron chi connectivity index (χ1n) is 8.28. The molecule has 26 heavy (non-hydrogen) atoms. The average molecular weight is 415 g/mol. The summed E-state index contributed by atoms with van der Waals surface area (Å²) in [6.45, 7) is 2.51. The van der Waals surface area contributed by atoms with Gasteiger partial charge in [-0.25, -0.2) is 13.9 Å². The molecule has 1 unspecified atom stereocenters. The van der Waals surface area contributed by atoms with Crippen molar-refractivity contribution >= 4 is 33.1 Å². The van der Waals surface area contributed by atoms with Crippen LogP contribution in [-0.2, 0) is 0 Å². The summed E-state index contributed by atoms with van der Waals surface area (Å²) in [6.07, 6.45) is 6.18. The van der Waals surface area contributed by atoms with Crippen molar-refractivity contribution in [1.29, 1.82) is 0 Å². The smallest absolute Gasteiger partial charge is 0.274 e. The van der Waals surface area contributed by atoms with E-state index in [4.69, 9.17) is 0 Å². The van der Waals surface area contributed by atoms with Crippen LogP contribution in [-0.4, -0.2) is 38.0 Å². The monoisotopic (exact) mass is 414 g/mol. The Morgan fingerprint density at radius 1 is 1.31 bits per heavy atom. The fourth-order valence-electron chi connectivity index (χ4n) is 3.19. The number of hydrogen-bond donors (Lipinski definition) is 0. The van der Waals surface area contributed by atoms with E-state index < -0.39 is 0 Å². The van der Waals surface area contributed by atoms with Crippen molar-refractivity contribution < 1.29 is 9.18 Å². The van der Waals surface area contributed by atoms with Gasteiger partial charge in [0.25, 0.3) is 5.91 Å². The second kappa shape index (κ2) is 6.64. The van der Waals surface area contributed by atoms with E-state index in [9.17, 15) is 9.18 Å². The van der Waals surface area contributed by atoms with Crippen LogP contribution >= 0.6 is 15.9 Å². The molecule has 0 aliphatic carbocycles. The molecule has 1 aliphatic rings. The molecule has 7 heteroatoms. The van der Waals surface area contributed by atoms with Gasteiger partial charge in [-0.2, -0.15) is 5.10 Å². The predicted octanol–water partition coefficient (Wildman–Crippen LogP) is 3.95. The summed E-state index contributed by atoms with van der Waals surface area (Å²) in [5, 5.41) is 4.34. The third-order valence-corrected chi connectivity index (χ3v) is 4.97. The Labute approximate surface area is 158 Å². The van der Waals surface area contributed by atoms with Crippen molar-refractivity contribution in [3.63, 3.8) is 0 Å². The Balaban J connectivity index is 1.57. The average Bonchev–Trinajstić information content (AvgIpc) is 3.05. The SMILES string of the molecule is CC1CC(c2ccc(F)cc2)=CCN1C(=O)c1cc2ncc(Br)cn2n1. The summed E-state index contributed by atoms with van der Waals surface area (Å²) >= 11 is 3.35. The number of benzene rings is 1. The van der Waals surface area contributed by atoms with E-state index in [1.807, 2.05) is 13.0 Å². The van der Waals surface area contributed by atoms with Crippen molar-refractivity contribution in [3.8, 4) is 0 Å². The number of hydrogen-bond acceptors (Lipinski definition) is 3. The first-order valence-corrected chi connectivity index (χ1v) is 9.07. The molecule has 1 aromatic carbocycles. The first kappa shape index (κ1) is 16.9. The van der Waals surface area contributed by atoms with Crippen molar-refractivity contribution in [2.24, 2.45) is 0 Å². The second-order valence-electron chi connectivity index (χ2n) is 6.35. The number of carbonyl (C=O) groups excluding carboxylic acids is 1. The summed E-state index contributed by atoms with van der Waals surface area (Å²) in [5.41, 5.74) is 3.12. The molecule has 0 saturated heterocycles. The molecule has 1 amide bonds. The number of nitrogens with zero attached hydrogens (tertiary/aromatic N) is 4. The zero-order valence-electron chi connectivity index (χ0n) is 14.1. The molecular formula is C19H16BrFN4O. The molecule has 0 N–H and O–H groups in total. The normalized spacial score (nSPS) is 17.4. The highest BCUT2D eigenvalue weighted by atomic mass is 79.9. The van der Waals surface area contributed by atoms with Crippen LogP contribution in [0.4, 0.5) is 4.39 Å². The minimum absolute atomic E-state index is 0.0251. The predicted molar refractivity (Wildman–Crippen MR) is 100 cm³/mol. The largest absolute Gasteiger partial charge is 0.330 e. The van der Waals surface area contributed by atoms with E-state index in [0.29, 0.717) is 24.3 Å². The topological polar surface area (TPSA) is 50.5 Å². The molecule has 2 aromatic heterocycles. The molecule has 0 bridgehead atoms. The van der Waals surface area contributed by atoms with Crippen LogP contribution in [0.2, 0.25) is 0 Å². The highest BCUT2D eigenvalue weighted by Crippen LogP contribution is 2.27. The fourth-order valence-corrected chi connectivity index (χ4v) is 3.48. The fraction of sp³-hybridized carbons (Fsp3) is 0.211. The van der Waals surface area contributed by atoms with Crippen LogP contribution in [0.1, 0.15) is 29.4 Å². The number of halogens is 2. The second-order valence-corrected chi connectivity index (χ2v) is 7.27. The summed E-state index contributed by atoms with van der Waals surface area (Å²) in [4.78, 5) is 18.9. The summed E-state index contributed by atoms with van der Waals surface area (Å²) in [5.74, 6) is -0.365. The van der Waals surface area contributed by atoms with Crippen LogP contribution in [0.5, 0.6) is 0 Å². The molecule has 0 saturated carbocycles. The number of carbonyl (C=O) groups is 1. The highest BCUT2D eigenvalue weighted by Gasteiger charge is 2.27. The quantitative estimate of drug-likeness (QED) is 0.637. The summed E-state index contributed by atoms with van der Waals surface area (Å²) in [6, 6.07) is 8.19. The Hall–Kier alpha value is -2.54. The molecule has 1 atom stereocenters. The van der Waals surface area contributed by atoms with Gasteiger partial charge in [0.05, 0.1) is 4.47 Å². The van der Waals surface area contributed by atoms with E-state index in [-0.39, 0.29) is 17.8 Å². The maximum atomic E-state index is 13.1. The van der Waals surface area contributed by atoms with Gasteiger partial charge in [-0.1, -0.05) is 18.2 Å². The Morgan fingerprint density at radius 2 is 2.08 bits per heavy atom. The van der Waals surface area contributed by atoms with Gasteiger partial charge in [0.1, 0.15) is 5.82 Å². The minimum atomic E-state index is -0.248. The molecular weight excluding hydrogens is 399 g/mol. The maximum Gasteiger partial charge on any atom is 0.274 e. The lowest BCUT2D eigenvalue weighted by Crippen LogP contribution is -2.41. The van der Waals surface area contributed by atoms with Gasteiger partial charge >= 0.3 is 0 Å². The van der Waals surface area contributed by atoms with Gasteiger partial charge in [0.2, 0.25) is 0 Å². The van der Waals surface area contributed by atoms with Gasteiger partial charge in [-0.05, 0) is 52.5 Å². The van der Waals surface area contributed by atoms with Gasteiger partial charge in [-0.15, -0.1) is 0 Å². The molecule has 3 aromatic rings. The van der Waals surface area contributed by atoms with Crippen molar-refractivity contribution in [2.75, 3.05) is 6.54 Å². The van der Waals surface area contributed by atoms with E-state index in [2.05, 4.69) is 26.0 Å². The van der Waals surface area contributed by atoms with Crippen LogP contribution in [0.25, 0.3) is 11.2 Å².